The molecule has 1 aliphatic heterocycles. The molecule has 1 amide bonds. The third-order valence-corrected chi connectivity index (χ3v) is 5.07. The van der Waals surface area contributed by atoms with Crippen LogP contribution in [0.25, 0.3) is 0 Å². The average Bonchev–Trinajstić information content (AvgIpc) is 3.05. The number of aryl methyl sites for hydroxylation is 2. The van der Waals surface area contributed by atoms with Crippen molar-refractivity contribution >= 4 is 17.2 Å². The van der Waals surface area contributed by atoms with Crippen molar-refractivity contribution in [2.24, 2.45) is 0 Å². The van der Waals surface area contributed by atoms with Crippen molar-refractivity contribution in [3.8, 4) is 0 Å². The fraction of sp³-hybridized carbons (Fsp3) is 0.643. The van der Waals surface area contributed by atoms with Gasteiger partial charge in [-0.25, -0.2) is 0 Å². The van der Waals surface area contributed by atoms with E-state index in [-0.39, 0.29) is 5.91 Å². The fourth-order valence-corrected chi connectivity index (χ4v) is 4.08. The summed E-state index contributed by atoms with van der Waals surface area (Å²) in [7, 11) is 0. The lowest BCUT2D eigenvalue weighted by atomic mass is 10.2. The van der Waals surface area contributed by atoms with Crippen molar-refractivity contribution in [3.63, 3.8) is 0 Å². The first-order chi connectivity index (χ1) is 8.83. The fourth-order valence-electron chi connectivity index (χ4n) is 2.85. The molecule has 1 saturated heterocycles. The van der Waals surface area contributed by atoms with Crippen LogP contribution in [0.1, 0.15) is 34.6 Å². The van der Waals surface area contributed by atoms with Crippen molar-refractivity contribution in [3.05, 3.63) is 21.4 Å². The summed E-state index contributed by atoms with van der Waals surface area (Å²) in [6.45, 7) is 3.24. The van der Waals surface area contributed by atoms with Gasteiger partial charge in [0.2, 0.25) is 5.91 Å². The summed E-state index contributed by atoms with van der Waals surface area (Å²) in [6, 6.07) is 2.32. The van der Waals surface area contributed by atoms with Gasteiger partial charge >= 0.3 is 0 Å². The highest BCUT2D eigenvalue weighted by Gasteiger charge is 2.18. The Hall–Kier alpha value is -0.870. The molecule has 0 atom stereocenters. The summed E-state index contributed by atoms with van der Waals surface area (Å²) in [5.74, 6) is 0.261. The molecule has 3 nitrogen and oxygen atoms in total. The summed E-state index contributed by atoms with van der Waals surface area (Å²) in [4.78, 5) is 16.8. The Morgan fingerprint density at radius 3 is 2.89 bits per heavy atom. The van der Waals surface area contributed by atoms with E-state index in [2.05, 4.69) is 11.4 Å². The number of likely N-dealkylation sites (tertiary alicyclic amines) is 1. The van der Waals surface area contributed by atoms with Crippen LogP contribution in [0.5, 0.6) is 0 Å². The van der Waals surface area contributed by atoms with Gasteiger partial charge in [0.25, 0.3) is 0 Å². The Labute approximate surface area is 112 Å². The standard InChI is InChI=1S/C14H20N2OS/c17-14(16-6-1-2-7-16)10-15-9-12-8-11-4-3-5-13(11)18-12/h8,15H,1-7,9-10H2. The predicted octanol–water partition coefficient (Wildman–Crippen LogP) is 1.95. The summed E-state index contributed by atoms with van der Waals surface area (Å²) >= 11 is 1.92. The van der Waals surface area contributed by atoms with E-state index in [9.17, 15) is 4.79 Å². The molecule has 1 aromatic heterocycles. The third kappa shape index (κ3) is 2.59. The molecule has 1 aliphatic carbocycles. The van der Waals surface area contributed by atoms with E-state index in [1.54, 1.807) is 10.4 Å². The molecule has 0 radical (unpaired) electrons. The normalized spacial score (nSPS) is 18.3. The molecule has 1 fully saturated rings. The Morgan fingerprint density at radius 2 is 2.11 bits per heavy atom. The molecular formula is C14H20N2OS. The molecular weight excluding hydrogens is 244 g/mol. The SMILES string of the molecule is O=C(CNCc1cc2c(s1)CCC2)N1CCCC1. The average molecular weight is 264 g/mol. The van der Waals surface area contributed by atoms with Crippen molar-refractivity contribution in [2.45, 2.75) is 38.6 Å². The maximum Gasteiger partial charge on any atom is 0.236 e. The maximum absolute atomic E-state index is 11.8. The molecule has 1 N–H and O–H groups in total. The number of rotatable bonds is 4. The zero-order valence-electron chi connectivity index (χ0n) is 10.7. The summed E-state index contributed by atoms with van der Waals surface area (Å²) < 4.78 is 0. The van der Waals surface area contributed by atoms with Crippen LogP contribution < -0.4 is 5.32 Å². The molecule has 2 heterocycles. The van der Waals surface area contributed by atoms with Crippen LogP contribution in [-0.2, 0) is 24.2 Å². The van der Waals surface area contributed by atoms with Crippen LogP contribution in [0.4, 0.5) is 0 Å². The largest absolute Gasteiger partial charge is 0.342 e. The second-order valence-electron chi connectivity index (χ2n) is 5.21. The molecule has 0 saturated carbocycles. The van der Waals surface area contributed by atoms with Gasteiger partial charge in [0.1, 0.15) is 0 Å². The van der Waals surface area contributed by atoms with Crippen LogP contribution in [-0.4, -0.2) is 30.4 Å². The minimum Gasteiger partial charge on any atom is -0.342 e. The Kier molecular flexibility index (Phi) is 3.66. The first-order valence-electron chi connectivity index (χ1n) is 6.92. The van der Waals surface area contributed by atoms with Gasteiger partial charge in [0.15, 0.2) is 0 Å². The number of amides is 1. The third-order valence-electron chi connectivity index (χ3n) is 3.83. The minimum absolute atomic E-state index is 0.261. The number of thiophene rings is 1. The number of nitrogens with zero attached hydrogens (tertiary/aromatic N) is 1. The number of carbonyl (C=O) groups excluding carboxylic acids is 1. The van der Waals surface area contributed by atoms with Crippen molar-refractivity contribution in [1.29, 1.82) is 0 Å². The Bertz CT molecular complexity index is 414. The van der Waals surface area contributed by atoms with E-state index >= 15 is 0 Å². The molecule has 98 valence electrons. The molecule has 0 spiro atoms. The molecule has 1 aromatic rings. The van der Waals surface area contributed by atoms with E-state index in [1.807, 2.05) is 16.2 Å². The van der Waals surface area contributed by atoms with Gasteiger partial charge in [-0.2, -0.15) is 0 Å². The molecule has 18 heavy (non-hydrogen) atoms. The zero-order valence-corrected chi connectivity index (χ0v) is 11.5. The maximum atomic E-state index is 11.8. The van der Waals surface area contributed by atoms with E-state index in [4.69, 9.17) is 0 Å². The monoisotopic (exact) mass is 264 g/mol. The van der Waals surface area contributed by atoms with Crippen LogP contribution in [0.2, 0.25) is 0 Å². The van der Waals surface area contributed by atoms with Gasteiger partial charge in [-0.15, -0.1) is 11.3 Å². The first-order valence-corrected chi connectivity index (χ1v) is 7.73. The lowest BCUT2D eigenvalue weighted by Gasteiger charge is -2.15. The Morgan fingerprint density at radius 1 is 1.28 bits per heavy atom. The number of hydrogen-bond donors (Lipinski definition) is 1. The predicted molar refractivity (Wildman–Crippen MR) is 73.9 cm³/mol. The number of hydrogen-bond acceptors (Lipinski definition) is 3. The van der Waals surface area contributed by atoms with Gasteiger partial charge in [0.05, 0.1) is 6.54 Å². The molecule has 0 unspecified atom stereocenters. The van der Waals surface area contributed by atoms with Crippen LogP contribution in [0, 0.1) is 0 Å². The molecule has 0 bridgehead atoms. The highest BCUT2D eigenvalue weighted by atomic mass is 32.1. The summed E-state index contributed by atoms with van der Waals surface area (Å²) in [5.41, 5.74) is 1.54. The number of carbonyl (C=O) groups is 1. The van der Waals surface area contributed by atoms with Crippen LogP contribution in [0.15, 0.2) is 6.07 Å². The molecule has 4 heteroatoms. The highest BCUT2D eigenvalue weighted by molar-refractivity contribution is 7.12. The molecule has 2 aliphatic rings. The second kappa shape index (κ2) is 5.41. The van der Waals surface area contributed by atoms with E-state index in [1.165, 1.54) is 37.0 Å². The topological polar surface area (TPSA) is 32.3 Å². The number of nitrogens with one attached hydrogen (secondary N) is 1. The summed E-state index contributed by atoms with van der Waals surface area (Å²) in [6.07, 6.45) is 6.17. The summed E-state index contributed by atoms with van der Waals surface area (Å²) in [5, 5.41) is 3.29. The van der Waals surface area contributed by atoms with E-state index < -0.39 is 0 Å². The highest BCUT2D eigenvalue weighted by Crippen LogP contribution is 2.30. The Balaban J connectivity index is 1.45. The van der Waals surface area contributed by atoms with Gasteiger partial charge in [-0.05, 0) is 43.7 Å². The molecule has 0 aromatic carbocycles. The lowest BCUT2D eigenvalue weighted by Crippen LogP contribution is -2.35. The van der Waals surface area contributed by atoms with Crippen LogP contribution >= 0.6 is 11.3 Å². The quantitative estimate of drug-likeness (QED) is 0.901. The van der Waals surface area contributed by atoms with Crippen LogP contribution in [0.3, 0.4) is 0 Å². The van der Waals surface area contributed by atoms with Gasteiger partial charge < -0.3 is 10.2 Å². The van der Waals surface area contributed by atoms with Gasteiger partial charge in [-0.1, -0.05) is 0 Å². The number of fused-ring (bicyclic) bond motifs is 1. The molecule has 3 rings (SSSR count). The first kappa shape index (κ1) is 12.2. The van der Waals surface area contributed by atoms with E-state index in [0.717, 1.165) is 19.6 Å². The second-order valence-corrected chi connectivity index (χ2v) is 6.43. The van der Waals surface area contributed by atoms with Gasteiger partial charge in [-0.3, -0.25) is 4.79 Å². The van der Waals surface area contributed by atoms with Crippen molar-refractivity contribution in [1.82, 2.24) is 10.2 Å². The lowest BCUT2D eigenvalue weighted by molar-refractivity contribution is -0.129. The van der Waals surface area contributed by atoms with Crippen molar-refractivity contribution in [2.75, 3.05) is 19.6 Å². The van der Waals surface area contributed by atoms with E-state index in [0.29, 0.717) is 6.54 Å². The minimum atomic E-state index is 0.261. The van der Waals surface area contributed by atoms with Crippen molar-refractivity contribution < 1.29 is 4.79 Å². The van der Waals surface area contributed by atoms with Gasteiger partial charge in [0, 0.05) is 29.4 Å². The smallest absolute Gasteiger partial charge is 0.236 e. The zero-order chi connectivity index (χ0) is 12.4.